The van der Waals surface area contributed by atoms with Crippen molar-refractivity contribution in [2.45, 2.75) is 26.8 Å². The molecule has 0 radical (unpaired) electrons. The van der Waals surface area contributed by atoms with Gasteiger partial charge in [-0.25, -0.2) is 14.4 Å². The van der Waals surface area contributed by atoms with Crippen LogP contribution in [0.4, 0.5) is 10.5 Å². The first-order valence-electron chi connectivity index (χ1n) is 6.43. The maximum absolute atomic E-state index is 11.8. The minimum absolute atomic E-state index is 0.0195. The summed E-state index contributed by atoms with van der Waals surface area (Å²) >= 11 is 0. The molecule has 1 aromatic carbocycles. The number of nitrogens with one attached hydrogen (secondary N) is 2. The third kappa shape index (κ3) is 4.79. The number of hydrogen-bond acceptors (Lipinski definition) is 4. The quantitative estimate of drug-likeness (QED) is 0.718. The number of rotatable bonds is 5. The third-order valence-corrected chi connectivity index (χ3v) is 2.64. The number of hydrogen-bond donors (Lipinski definition) is 3. The van der Waals surface area contributed by atoms with E-state index in [-0.39, 0.29) is 17.9 Å². The average Bonchev–Trinajstić information content (AvgIpc) is 2.40. The van der Waals surface area contributed by atoms with Crippen LogP contribution in [0.1, 0.15) is 29.8 Å². The van der Waals surface area contributed by atoms with Crippen molar-refractivity contribution in [3.63, 3.8) is 0 Å². The third-order valence-electron chi connectivity index (χ3n) is 2.64. The molecule has 0 aliphatic carbocycles. The minimum Gasteiger partial charge on any atom is -0.478 e. The van der Waals surface area contributed by atoms with Crippen LogP contribution in [0.25, 0.3) is 0 Å². The number of carbonyl (C=O) groups is 3. The number of anilines is 1. The average molecular weight is 294 g/mol. The number of carboxylic acids is 1. The summed E-state index contributed by atoms with van der Waals surface area (Å²) in [5, 5.41) is 13.9. The van der Waals surface area contributed by atoms with Crippen molar-refractivity contribution < 1.29 is 24.2 Å². The van der Waals surface area contributed by atoms with Crippen LogP contribution in [0, 0.1) is 6.92 Å². The van der Waals surface area contributed by atoms with Crippen molar-refractivity contribution in [1.29, 1.82) is 0 Å². The van der Waals surface area contributed by atoms with Crippen molar-refractivity contribution in [3.8, 4) is 0 Å². The molecule has 1 unspecified atom stereocenters. The highest BCUT2D eigenvalue weighted by atomic mass is 16.5. The van der Waals surface area contributed by atoms with Crippen LogP contribution in [0.3, 0.4) is 0 Å². The van der Waals surface area contributed by atoms with E-state index in [0.717, 1.165) is 5.56 Å². The van der Waals surface area contributed by atoms with Gasteiger partial charge >= 0.3 is 18.0 Å². The lowest BCUT2D eigenvalue weighted by Gasteiger charge is -2.14. The number of esters is 1. The fourth-order valence-electron chi connectivity index (χ4n) is 1.63. The smallest absolute Gasteiger partial charge is 0.337 e. The number of carbonyl (C=O) groups excluding carboxylic acids is 2. The summed E-state index contributed by atoms with van der Waals surface area (Å²) in [5.74, 6) is -1.71. The number of benzene rings is 1. The van der Waals surface area contributed by atoms with Gasteiger partial charge in [0.2, 0.25) is 0 Å². The molecule has 0 heterocycles. The molecule has 0 aromatic heterocycles. The highest BCUT2D eigenvalue weighted by Crippen LogP contribution is 2.17. The molecule has 0 spiro atoms. The summed E-state index contributed by atoms with van der Waals surface area (Å²) in [6.45, 7) is 5.10. The molecule has 7 nitrogen and oxygen atoms in total. The first-order chi connectivity index (χ1) is 9.85. The van der Waals surface area contributed by atoms with Crippen LogP contribution in [0.15, 0.2) is 18.2 Å². The van der Waals surface area contributed by atoms with Crippen LogP contribution in [-0.4, -0.2) is 35.7 Å². The Morgan fingerprint density at radius 3 is 2.57 bits per heavy atom. The van der Waals surface area contributed by atoms with E-state index >= 15 is 0 Å². The van der Waals surface area contributed by atoms with Crippen molar-refractivity contribution in [2.75, 3.05) is 11.9 Å². The SMILES string of the molecule is CCOC(=O)C(C)NC(=O)Nc1ccc(C)cc1C(=O)O. The fraction of sp³-hybridized carbons (Fsp3) is 0.357. The number of aryl methyl sites for hydroxylation is 1. The Hall–Kier alpha value is -2.57. The standard InChI is InChI=1S/C14H18N2O5/c1-4-21-13(19)9(3)15-14(20)16-11-6-5-8(2)7-10(11)12(17)18/h5-7,9H,4H2,1-3H3,(H,17,18)(H2,15,16,20). The van der Waals surface area contributed by atoms with Crippen LogP contribution >= 0.6 is 0 Å². The summed E-state index contributed by atoms with van der Waals surface area (Å²) in [5.41, 5.74) is 0.897. The topological polar surface area (TPSA) is 105 Å². The van der Waals surface area contributed by atoms with Crippen molar-refractivity contribution in [3.05, 3.63) is 29.3 Å². The molecule has 2 amide bonds. The molecule has 1 rings (SSSR count). The van der Waals surface area contributed by atoms with Crippen LogP contribution < -0.4 is 10.6 Å². The van der Waals surface area contributed by atoms with Gasteiger partial charge in [-0.3, -0.25) is 0 Å². The van der Waals surface area contributed by atoms with E-state index in [4.69, 9.17) is 9.84 Å². The Balaban J connectivity index is 2.75. The summed E-state index contributed by atoms with van der Waals surface area (Å²) in [6, 6.07) is 3.11. The van der Waals surface area contributed by atoms with Gasteiger partial charge in [-0.05, 0) is 32.9 Å². The maximum Gasteiger partial charge on any atom is 0.337 e. The van der Waals surface area contributed by atoms with Crippen molar-refractivity contribution in [2.24, 2.45) is 0 Å². The lowest BCUT2D eigenvalue weighted by atomic mass is 10.1. The van der Waals surface area contributed by atoms with E-state index in [1.165, 1.54) is 19.1 Å². The predicted octanol–water partition coefficient (Wildman–Crippen LogP) is 1.77. The Bertz CT molecular complexity index is 556. The largest absolute Gasteiger partial charge is 0.478 e. The first kappa shape index (κ1) is 16.5. The first-order valence-corrected chi connectivity index (χ1v) is 6.43. The zero-order valence-corrected chi connectivity index (χ0v) is 12.1. The second-order valence-corrected chi connectivity index (χ2v) is 4.43. The molecule has 1 atom stereocenters. The van der Waals surface area contributed by atoms with Gasteiger partial charge in [-0.15, -0.1) is 0 Å². The minimum atomic E-state index is -1.15. The fourth-order valence-corrected chi connectivity index (χ4v) is 1.63. The molecule has 0 saturated carbocycles. The van der Waals surface area contributed by atoms with Crippen LogP contribution in [0.2, 0.25) is 0 Å². The molecule has 0 bridgehead atoms. The molecule has 0 aliphatic heterocycles. The second kappa shape index (κ2) is 7.28. The molecule has 0 aliphatic rings. The summed E-state index contributed by atoms with van der Waals surface area (Å²) in [7, 11) is 0. The highest BCUT2D eigenvalue weighted by molar-refractivity contribution is 6.00. The van der Waals surface area contributed by atoms with Gasteiger partial charge in [0.25, 0.3) is 0 Å². The van der Waals surface area contributed by atoms with Crippen molar-refractivity contribution in [1.82, 2.24) is 5.32 Å². The van der Waals surface area contributed by atoms with E-state index in [0.29, 0.717) is 0 Å². The van der Waals surface area contributed by atoms with Gasteiger partial charge in [0.15, 0.2) is 0 Å². The molecular weight excluding hydrogens is 276 g/mol. The van der Waals surface area contributed by atoms with E-state index < -0.39 is 24.0 Å². The molecular formula is C14H18N2O5. The summed E-state index contributed by atoms with van der Waals surface area (Å²) in [6.07, 6.45) is 0. The number of carboxylic acid groups (broad SMARTS) is 1. The summed E-state index contributed by atoms with van der Waals surface area (Å²) in [4.78, 5) is 34.3. The Kier molecular flexibility index (Phi) is 5.71. The number of urea groups is 1. The van der Waals surface area contributed by atoms with Gasteiger partial charge in [0, 0.05) is 0 Å². The Morgan fingerprint density at radius 1 is 1.33 bits per heavy atom. The second-order valence-electron chi connectivity index (χ2n) is 4.43. The van der Waals surface area contributed by atoms with Crippen molar-refractivity contribution >= 4 is 23.7 Å². The summed E-state index contributed by atoms with van der Waals surface area (Å²) < 4.78 is 4.76. The molecule has 1 aromatic rings. The van der Waals surface area contributed by atoms with Gasteiger partial charge in [0.1, 0.15) is 6.04 Å². The number of ether oxygens (including phenoxy) is 1. The van der Waals surface area contributed by atoms with Crippen LogP contribution in [0.5, 0.6) is 0 Å². The lowest BCUT2D eigenvalue weighted by molar-refractivity contribution is -0.144. The highest BCUT2D eigenvalue weighted by Gasteiger charge is 2.18. The van der Waals surface area contributed by atoms with E-state index in [9.17, 15) is 14.4 Å². The van der Waals surface area contributed by atoms with E-state index in [1.54, 1.807) is 19.9 Å². The molecule has 21 heavy (non-hydrogen) atoms. The molecule has 3 N–H and O–H groups in total. The predicted molar refractivity (Wildman–Crippen MR) is 76.4 cm³/mol. The maximum atomic E-state index is 11.8. The molecule has 0 fully saturated rings. The Morgan fingerprint density at radius 2 is 2.00 bits per heavy atom. The van der Waals surface area contributed by atoms with Crippen LogP contribution in [-0.2, 0) is 9.53 Å². The zero-order chi connectivity index (χ0) is 16.0. The van der Waals surface area contributed by atoms with E-state index in [1.807, 2.05) is 0 Å². The normalized spacial score (nSPS) is 11.4. The Labute approximate surface area is 122 Å². The van der Waals surface area contributed by atoms with Gasteiger partial charge in [-0.1, -0.05) is 11.6 Å². The van der Waals surface area contributed by atoms with E-state index in [2.05, 4.69) is 10.6 Å². The van der Waals surface area contributed by atoms with Gasteiger partial charge in [-0.2, -0.15) is 0 Å². The van der Waals surface area contributed by atoms with Gasteiger partial charge in [0.05, 0.1) is 17.9 Å². The molecule has 7 heteroatoms. The molecule has 114 valence electrons. The number of aromatic carboxylic acids is 1. The van der Waals surface area contributed by atoms with Gasteiger partial charge < -0.3 is 20.5 Å². The molecule has 0 saturated heterocycles. The monoisotopic (exact) mass is 294 g/mol. The lowest BCUT2D eigenvalue weighted by Crippen LogP contribution is -2.42. The number of amides is 2. The zero-order valence-electron chi connectivity index (χ0n) is 12.1.